The molecule has 0 spiro atoms. The van der Waals surface area contributed by atoms with E-state index in [2.05, 4.69) is 20.3 Å². The lowest BCUT2D eigenvalue weighted by Gasteiger charge is -2.12. The largest absolute Gasteiger partial charge is 0.467 e. The van der Waals surface area contributed by atoms with E-state index in [0.717, 1.165) is 29.0 Å². The van der Waals surface area contributed by atoms with Crippen LogP contribution >= 0.6 is 11.8 Å². The Hall–Kier alpha value is -3.72. The average Bonchev–Trinajstić information content (AvgIpc) is 3.61. The fourth-order valence-electron chi connectivity index (χ4n) is 3.48. The van der Waals surface area contributed by atoms with E-state index in [1.807, 2.05) is 59.2 Å². The minimum atomic E-state index is -0.0589. The van der Waals surface area contributed by atoms with Gasteiger partial charge in [0.15, 0.2) is 11.0 Å². The Balaban J connectivity index is 1.32. The summed E-state index contributed by atoms with van der Waals surface area (Å²) in [6.45, 7) is 1.05. The number of carbonyl (C=O) groups is 1. The van der Waals surface area contributed by atoms with Crippen LogP contribution in [0.25, 0.3) is 11.4 Å². The van der Waals surface area contributed by atoms with Crippen LogP contribution in [-0.2, 0) is 11.3 Å². The van der Waals surface area contributed by atoms with Crippen LogP contribution in [0.1, 0.15) is 17.7 Å². The van der Waals surface area contributed by atoms with Gasteiger partial charge in [0.25, 0.3) is 5.91 Å². The first-order valence-corrected chi connectivity index (χ1v) is 11.2. The third-order valence-corrected chi connectivity index (χ3v) is 6.00. The average molecular weight is 445 g/mol. The number of carbonyl (C=O) groups excluding carboxylic acids is 1. The zero-order chi connectivity index (χ0) is 21.8. The Bertz CT molecular complexity index is 1220. The SMILES string of the molecule is O=C(CSc1nnc(-c2cccnc2)n1Cc1ccco1)N1CCC(c2ccccc2)=N1. The number of rotatable bonds is 7. The second-order valence-electron chi connectivity index (χ2n) is 7.18. The van der Waals surface area contributed by atoms with Crippen molar-refractivity contribution in [2.75, 3.05) is 12.3 Å². The van der Waals surface area contributed by atoms with E-state index in [-0.39, 0.29) is 11.7 Å². The highest BCUT2D eigenvalue weighted by molar-refractivity contribution is 7.99. The van der Waals surface area contributed by atoms with E-state index in [1.165, 1.54) is 11.8 Å². The Morgan fingerprint density at radius 2 is 1.91 bits per heavy atom. The molecule has 9 heteroatoms. The second kappa shape index (κ2) is 9.19. The molecule has 0 aliphatic carbocycles. The zero-order valence-electron chi connectivity index (χ0n) is 17.2. The van der Waals surface area contributed by atoms with Crippen LogP contribution in [0.2, 0.25) is 0 Å². The second-order valence-corrected chi connectivity index (χ2v) is 8.12. The van der Waals surface area contributed by atoms with E-state index in [0.29, 0.717) is 24.1 Å². The molecule has 0 N–H and O–H groups in total. The number of thioether (sulfide) groups is 1. The molecule has 4 heterocycles. The summed E-state index contributed by atoms with van der Waals surface area (Å²) in [7, 11) is 0. The summed E-state index contributed by atoms with van der Waals surface area (Å²) in [4.78, 5) is 17.0. The number of hydrogen-bond donors (Lipinski definition) is 0. The van der Waals surface area contributed by atoms with Crippen molar-refractivity contribution in [3.05, 3.63) is 84.6 Å². The molecule has 3 aromatic heterocycles. The summed E-state index contributed by atoms with van der Waals surface area (Å²) >= 11 is 1.34. The monoisotopic (exact) mass is 444 g/mol. The maximum absolute atomic E-state index is 12.8. The highest BCUT2D eigenvalue weighted by atomic mass is 32.2. The highest BCUT2D eigenvalue weighted by Gasteiger charge is 2.23. The summed E-state index contributed by atoms with van der Waals surface area (Å²) in [6, 6.07) is 17.5. The minimum absolute atomic E-state index is 0.0589. The van der Waals surface area contributed by atoms with Gasteiger partial charge in [0.1, 0.15) is 5.76 Å². The molecule has 0 bridgehead atoms. The molecular formula is C23H20N6O2S. The lowest BCUT2D eigenvalue weighted by atomic mass is 10.1. The maximum atomic E-state index is 12.8. The van der Waals surface area contributed by atoms with Gasteiger partial charge < -0.3 is 4.42 Å². The molecule has 8 nitrogen and oxygen atoms in total. The predicted molar refractivity (Wildman–Crippen MR) is 121 cm³/mol. The fraction of sp³-hybridized carbons (Fsp3) is 0.174. The zero-order valence-corrected chi connectivity index (χ0v) is 18.0. The van der Waals surface area contributed by atoms with Crippen molar-refractivity contribution >= 4 is 23.4 Å². The molecule has 1 aliphatic heterocycles. The van der Waals surface area contributed by atoms with Crippen LogP contribution in [-0.4, -0.2) is 48.7 Å². The summed E-state index contributed by atoms with van der Waals surface area (Å²) in [6.07, 6.45) is 5.84. The van der Waals surface area contributed by atoms with Gasteiger partial charge >= 0.3 is 0 Å². The molecule has 32 heavy (non-hydrogen) atoms. The number of benzene rings is 1. The Morgan fingerprint density at radius 1 is 1.03 bits per heavy atom. The topological polar surface area (TPSA) is 89.4 Å². The standard InChI is InChI=1S/C23H20N6O2S/c30-21(29-12-10-20(27-29)17-6-2-1-3-7-17)16-32-23-26-25-22(18-8-4-11-24-14-18)28(23)15-19-9-5-13-31-19/h1-9,11,13-14H,10,12,15-16H2. The highest BCUT2D eigenvalue weighted by Crippen LogP contribution is 2.25. The molecule has 4 aromatic rings. The lowest BCUT2D eigenvalue weighted by Crippen LogP contribution is -2.25. The summed E-state index contributed by atoms with van der Waals surface area (Å²) in [5.41, 5.74) is 2.83. The van der Waals surface area contributed by atoms with E-state index in [4.69, 9.17) is 4.42 Å². The van der Waals surface area contributed by atoms with Gasteiger partial charge in [0.2, 0.25) is 0 Å². The Labute approximate surface area is 189 Å². The molecule has 1 amide bonds. The molecule has 0 saturated heterocycles. The van der Waals surface area contributed by atoms with Crippen LogP contribution in [0.15, 0.2) is 87.9 Å². The van der Waals surface area contributed by atoms with Gasteiger partial charge in [-0.2, -0.15) is 5.10 Å². The van der Waals surface area contributed by atoms with E-state index in [1.54, 1.807) is 23.7 Å². The number of furan rings is 1. The van der Waals surface area contributed by atoms with Crippen molar-refractivity contribution in [3.63, 3.8) is 0 Å². The third kappa shape index (κ3) is 4.33. The molecule has 0 atom stereocenters. The van der Waals surface area contributed by atoms with E-state index in [9.17, 15) is 4.79 Å². The van der Waals surface area contributed by atoms with Gasteiger partial charge in [-0.25, -0.2) is 5.01 Å². The number of pyridine rings is 1. The van der Waals surface area contributed by atoms with Crippen LogP contribution in [0, 0.1) is 0 Å². The van der Waals surface area contributed by atoms with Gasteiger partial charge in [-0.05, 0) is 29.8 Å². The molecule has 0 radical (unpaired) electrons. The Kier molecular flexibility index (Phi) is 5.80. The number of amides is 1. The van der Waals surface area contributed by atoms with Gasteiger partial charge in [0.05, 0.1) is 30.8 Å². The quantitative estimate of drug-likeness (QED) is 0.404. The van der Waals surface area contributed by atoms with Crippen molar-refractivity contribution < 1.29 is 9.21 Å². The van der Waals surface area contributed by atoms with Crippen molar-refractivity contribution in [1.29, 1.82) is 0 Å². The van der Waals surface area contributed by atoms with Crippen molar-refractivity contribution in [3.8, 4) is 11.4 Å². The van der Waals surface area contributed by atoms with Crippen molar-refractivity contribution in [1.82, 2.24) is 24.8 Å². The summed E-state index contributed by atoms with van der Waals surface area (Å²) < 4.78 is 7.46. The van der Waals surface area contributed by atoms with Crippen LogP contribution in [0.4, 0.5) is 0 Å². The molecule has 0 unspecified atom stereocenters. The van der Waals surface area contributed by atoms with Crippen molar-refractivity contribution in [2.24, 2.45) is 5.10 Å². The van der Waals surface area contributed by atoms with Crippen molar-refractivity contribution in [2.45, 2.75) is 18.1 Å². The van der Waals surface area contributed by atoms with Gasteiger partial charge in [-0.1, -0.05) is 42.1 Å². The molecular weight excluding hydrogens is 424 g/mol. The number of hydrazone groups is 1. The third-order valence-electron chi connectivity index (χ3n) is 5.05. The minimum Gasteiger partial charge on any atom is -0.467 e. The molecule has 0 fully saturated rings. The van der Waals surface area contributed by atoms with Crippen LogP contribution in [0.3, 0.4) is 0 Å². The Morgan fingerprint density at radius 3 is 2.69 bits per heavy atom. The van der Waals surface area contributed by atoms with E-state index >= 15 is 0 Å². The fourth-order valence-corrected chi connectivity index (χ4v) is 4.28. The summed E-state index contributed by atoms with van der Waals surface area (Å²) in [5, 5.41) is 15.4. The van der Waals surface area contributed by atoms with Crippen LogP contribution < -0.4 is 0 Å². The molecule has 5 rings (SSSR count). The van der Waals surface area contributed by atoms with Gasteiger partial charge in [-0.15, -0.1) is 10.2 Å². The predicted octanol–water partition coefficient (Wildman–Crippen LogP) is 3.71. The number of aromatic nitrogens is 4. The number of nitrogens with zero attached hydrogens (tertiary/aromatic N) is 6. The first kappa shape index (κ1) is 20.2. The number of hydrogen-bond acceptors (Lipinski definition) is 7. The van der Waals surface area contributed by atoms with E-state index < -0.39 is 0 Å². The lowest BCUT2D eigenvalue weighted by molar-refractivity contribution is -0.127. The van der Waals surface area contributed by atoms with Gasteiger partial charge in [-0.3, -0.25) is 14.3 Å². The molecule has 1 aliphatic rings. The first-order chi connectivity index (χ1) is 15.8. The molecule has 160 valence electrons. The molecule has 1 aromatic carbocycles. The van der Waals surface area contributed by atoms with Crippen LogP contribution in [0.5, 0.6) is 0 Å². The normalized spacial score (nSPS) is 13.4. The maximum Gasteiger partial charge on any atom is 0.253 e. The first-order valence-electron chi connectivity index (χ1n) is 10.2. The van der Waals surface area contributed by atoms with Gasteiger partial charge in [0, 0.05) is 24.4 Å². The molecule has 0 saturated carbocycles. The summed E-state index contributed by atoms with van der Waals surface area (Å²) in [5.74, 6) is 1.61. The smallest absolute Gasteiger partial charge is 0.253 e.